The zero-order valence-corrected chi connectivity index (χ0v) is 12.1. The molecule has 0 aliphatic carbocycles. The molecule has 0 saturated carbocycles. The van der Waals surface area contributed by atoms with Crippen LogP contribution in [-0.4, -0.2) is 12.0 Å². The van der Waals surface area contributed by atoms with E-state index >= 15 is 0 Å². The minimum absolute atomic E-state index is 0. The Bertz CT molecular complexity index is 561. The lowest BCUT2D eigenvalue weighted by Crippen LogP contribution is -3.00. The molecule has 0 aliphatic heterocycles. The van der Waals surface area contributed by atoms with Crippen LogP contribution in [0.3, 0.4) is 0 Å². The minimum atomic E-state index is 0. The SMILES string of the molecule is CSC[n+]1cc(C(=O)c2ccccc2)ccc1N.[Cl-]. The molecule has 1 heterocycles. The van der Waals surface area contributed by atoms with E-state index in [2.05, 4.69) is 0 Å². The maximum Gasteiger partial charge on any atom is 0.272 e. The van der Waals surface area contributed by atoms with Gasteiger partial charge in [-0.25, -0.2) is 4.57 Å². The van der Waals surface area contributed by atoms with Crippen molar-refractivity contribution >= 4 is 23.4 Å². The van der Waals surface area contributed by atoms with Crippen LogP contribution in [0.2, 0.25) is 0 Å². The molecule has 19 heavy (non-hydrogen) atoms. The first kappa shape index (κ1) is 15.5. The first-order valence-electron chi connectivity index (χ1n) is 5.60. The predicted molar refractivity (Wildman–Crippen MR) is 74.4 cm³/mol. The van der Waals surface area contributed by atoms with E-state index in [4.69, 9.17) is 5.73 Å². The van der Waals surface area contributed by atoms with Gasteiger partial charge in [0.15, 0.2) is 5.78 Å². The van der Waals surface area contributed by atoms with Crippen molar-refractivity contribution in [1.29, 1.82) is 0 Å². The first-order chi connectivity index (χ1) is 8.72. The standard InChI is InChI=1S/C14H14N2OS.ClH/c1-18-10-16-9-12(7-8-13(16)15)14(17)11-5-3-2-4-6-11;/h2-9,15H,10H2,1H3;1H. The van der Waals surface area contributed by atoms with E-state index in [-0.39, 0.29) is 18.2 Å². The average Bonchev–Trinajstić information content (AvgIpc) is 2.42. The van der Waals surface area contributed by atoms with E-state index in [9.17, 15) is 4.79 Å². The maximum atomic E-state index is 12.3. The molecule has 0 spiro atoms. The number of benzene rings is 1. The number of hydrogen-bond acceptors (Lipinski definition) is 3. The van der Waals surface area contributed by atoms with E-state index in [1.165, 1.54) is 0 Å². The zero-order chi connectivity index (χ0) is 13.0. The molecule has 0 atom stereocenters. The maximum absolute atomic E-state index is 12.3. The first-order valence-corrected chi connectivity index (χ1v) is 6.99. The number of hydrogen-bond donors (Lipinski definition) is 1. The smallest absolute Gasteiger partial charge is 0.272 e. The molecule has 100 valence electrons. The van der Waals surface area contributed by atoms with Crippen LogP contribution in [0, 0.1) is 0 Å². The van der Waals surface area contributed by atoms with Crippen LogP contribution in [0.1, 0.15) is 15.9 Å². The van der Waals surface area contributed by atoms with Crippen molar-refractivity contribution in [1.82, 2.24) is 0 Å². The molecular formula is C14H15ClN2OS. The summed E-state index contributed by atoms with van der Waals surface area (Å²) in [6.07, 6.45) is 3.80. The summed E-state index contributed by atoms with van der Waals surface area (Å²) in [5, 5.41) is 0. The highest BCUT2D eigenvalue weighted by Gasteiger charge is 2.13. The highest BCUT2D eigenvalue weighted by atomic mass is 35.5. The molecule has 0 fully saturated rings. The monoisotopic (exact) mass is 294 g/mol. The van der Waals surface area contributed by atoms with Crippen LogP contribution in [0.25, 0.3) is 0 Å². The molecule has 0 saturated heterocycles. The molecule has 1 aromatic carbocycles. The number of nitrogens with zero attached hydrogens (tertiary/aromatic N) is 1. The number of nitrogen functional groups attached to an aromatic ring is 1. The van der Waals surface area contributed by atoms with E-state index in [1.54, 1.807) is 30.1 Å². The number of rotatable bonds is 4. The Hall–Kier alpha value is -1.52. The summed E-state index contributed by atoms with van der Waals surface area (Å²) in [6, 6.07) is 12.8. The van der Waals surface area contributed by atoms with Crippen LogP contribution >= 0.6 is 11.8 Å². The Morgan fingerprint density at radius 1 is 1.16 bits per heavy atom. The lowest BCUT2D eigenvalue weighted by Gasteiger charge is -2.04. The molecule has 0 amide bonds. The highest BCUT2D eigenvalue weighted by Crippen LogP contribution is 2.09. The third-order valence-electron chi connectivity index (χ3n) is 2.63. The number of anilines is 1. The third-order valence-corrected chi connectivity index (χ3v) is 3.16. The van der Waals surface area contributed by atoms with E-state index < -0.39 is 0 Å². The van der Waals surface area contributed by atoms with E-state index in [1.807, 2.05) is 41.2 Å². The molecule has 0 bridgehead atoms. The largest absolute Gasteiger partial charge is 1.00 e. The Kier molecular flexibility index (Phi) is 5.86. The molecule has 2 aromatic rings. The second kappa shape index (κ2) is 7.16. The fourth-order valence-electron chi connectivity index (χ4n) is 1.70. The molecule has 0 aliphatic rings. The Balaban J connectivity index is 0.00000180. The van der Waals surface area contributed by atoms with Gasteiger partial charge in [0.1, 0.15) is 12.1 Å². The Morgan fingerprint density at radius 2 is 1.84 bits per heavy atom. The minimum Gasteiger partial charge on any atom is -1.00 e. The van der Waals surface area contributed by atoms with Crippen molar-refractivity contribution in [2.75, 3.05) is 12.0 Å². The zero-order valence-electron chi connectivity index (χ0n) is 10.5. The second-order valence-corrected chi connectivity index (χ2v) is 4.76. The van der Waals surface area contributed by atoms with Gasteiger partial charge in [-0.2, -0.15) is 0 Å². The average molecular weight is 295 g/mol. The van der Waals surface area contributed by atoms with Gasteiger partial charge in [0, 0.05) is 11.6 Å². The molecule has 2 rings (SSSR count). The summed E-state index contributed by atoms with van der Waals surface area (Å²) in [4.78, 5) is 12.3. The number of pyridine rings is 1. The lowest BCUT2D eigenvalue weighted by atomic mass is 10.1. The van der Waals surface area contributed by atoms with E-state index in [0.717, 1.165) is 5.88 Å². The number of aromatic nitrogens is 1. The number of carbonyl (C=O) groups is 1. The number of halogens is 1. The van der Waals surface area contributed by atoms with Crippen LogP contribution < -0.4 is 22.7 Å². The van der Waals surface area contributed by atoms with Crippen molar-refractivity contribution in [2.45, 2.75) is 5.88 Å². The topological polar surface area (TPSA) is 47.0 Å². The lowest BCUT2D eigenvalue weighted by molar-refractivity contribution is -0.661. The molecule has 0 radical (unpaired) electrons. The molecule has 5 heteroatoms. The van der Waals surface area contributed by atoms with Crippen molar-refractivity contribution in [3.05, 3.63) is 59.8 Å². The highest BCUT2D eigenvalue weighted by molar-refractivity contribution is 7.97. The van der Waals surface area contributed by atoms with Gasteiger partial charge in [-0.1, -0.05) is 30.3 Å². The van der Waals surface area contributed by atoms with Crippen molar-refractivity contribution < 1.29 is 21.8 Å². The van der Waals surface area contributed by atoms with Gasteiger partial charge in [-0.15, -0.1) is 11.8 Å². The number of thioether (sulfide) groups is 1. The van der Waals surface area contributed by atoms with Gasteiger partial charge in [0.25, 0.3) is 5.82 Å². The number of nitrogens with two attached hydrogens (primary N) is 1. The van der Waals surface area contributed by atoms with Crippen LogP contribution in [0.4, 0.5) is 5.82 Å². The summed E-state index contributed by atoms with van der Waals surface area (Å²) < 4.78 is 1.88. The quantitative estimate of drug-likeness (QED) is 0.588. The second-order valence-electron chi connectivity index (χ2n) is 3.93. The van der Waals surface area contributed by atoms with Gasteiger partial charge in [0.05, 0.1) is 5.56 Å². The Labute approximate surface area is 123 Å². The van der Waals surface area contributed by atoms with Gasteiger partial charge in [-0.05, 0) is 12.3 Å². The summed E-state index contributed by atoms with van der Waals surface area (Å²) in [5.74, 6) is 1.42. The molecule has 1 aromatic heterocycles. The fraction of sp³-hybridized carbons (Fsp3) is 0.143. The van der Waals surface area contributed by atoms with Gasteiger partial charge in [0.2, 0.25) is 0 Å². The van der Waals surface area contributed by atoms with E-state index in [0.29, 0.717) is 16.9 Å². The normalized spacial score (nSPS) is 9.74. The van der Waals surface area contributed by atoms with Crippen molar-refractivity contribution in [3.8, 4) is 0 Å². The van der Waals surface area contributed by atoms with Gasteiger partial charge < -0.3 is 12.4 Å². The van der Waals surface area contributed by atoms with Crippen molar-refractivity contribution in [2.24, 2.45) is 0 Å². The van der Waals surface area contributed by atoms with Gasteiger partial charge in [-0.3, -0.25) is 10.5 Å². The molecular weight excluding hydrogens is 280 g/mol. The Morgan fingerprint density at radius 3 is 2.47 bits per heavy atom. The third kappa shape index (κ3) is 3.72. The summed E-state index contributed by atoms with van der Waals surface area (Å²) in [7, 11) is 0. The number of ketones is 1. The summed E-state index contributed by atoms with van der Waals surface area (Å²) in [6.45, 7) is 0. The molecule has 0 unspecified atom stereocenters. The fourth-order valence-corrected chi connectivity index (χ4v) is 2.20. The van der Waals surface area contributed by atoms with Gasteiger partial charge >= 0.3 is 0 Å². The van der Waals surface area contributed by atoms with Crippen LogP contribution in [0.15, 0.2) is 48.7 Å². The van der Waals surface area contributed by atoms with Crippen molar-refractivity contribution in [3.63, 3.8) is 0 Å². The predicted octanol–water partition coefficient (Wildman–Crippen LogP) is -0.888. The summed E-state index contributed by atoms with van der Waals surface area (Å²) >= 11 is 1.66. The number of carbonyl (C=O) groups excluding carboxylic acids is 1. The molecule has 3 nitrogen and oxygen atoms in total. The molecule has 2 N–H and O–H groups in total. The van der Waals surface area contributed by atoms with Crippen LogP contribution in [-0.2, 0) is 5.88 Å². The summed E-state index contributed by atoms with van der Waals surface area (Å²) in [5.41, 5.74) is 7.20. The van der Waals surface area contributed by atoms with Crippen LogP contribution in [0.5, 0.6) is 0 Å².